The van der Waals surface area contributed by atoms with Gasteiger partial charge in [0.2, 0.25) is 10.1 Å². The third kappa shape index (κ3) is 2.96. The first-order valence-corrected chi connectivity index (χ1v) is 8.48. The molecule has 0 aliphatic rings. The molecular formula is C16H19N5OS. The van der Waals surface area contributed by atoms with Crippen molar-refractivity contribution in [1.29, 1.82) is 0 Å². The Labute approximate surface area is 138 Å². The van der Waals surface area contributed by atoms with Crippen LogP contribution in [0.1, 0.15) is 37.6 Å². The van der Waals surface area contributed by atoms with Gasteiger partial charge in [-0.2, -0.15) is 4.52 Å². The maximum Gasteiger partial charge on any atom is 0.275 e. The van der Waals surface area contributed by atoms with Gasteiger partial charge in [-0.1, -0.05) is 25.2 Å². The number of anilines is 1. The average molecular weight is 329 g/mol. The average Bonchev–Trinajstić information content (AvgIpc) is 3.01. The minimum absolute atomic E-state index is 0.125. The fraction of sp³-hybridized carbons (Fsp3) is 0.375. The zero-order valence-corrected chi connectivity index (χ0v) is 14.2. The number of fused-ring (bicyclic) bond motifs is 1. The Balaban J connectivity index is 2.01. The van der Waals surface area contributed by atoms with Crippen molar-refractivity contribution in [2.45, 2.75) is 32.7 Å². The van der Waals surface area contributed by atoms with Crippen molar-refractivity contribution < 1.29 is 0 Å². The molecule has 0 unspecified atom stereocenters. The molecule has 0 aliphatic heterocycles. The standard InChI is InChI=1S/C16H19N5OS/c1-4-12-10-14(22)21-15(18-12)23-16(19-21)20(3)13(5-2)11-6-8-17-9-7-11/h6-10,13H,4-5H2,1-3H3/t13-/m0/s1. The monoisotopic (exact) mass is 329 g/mol. The summed E-state index contributed by atoms with van der Waals surface area (Å²) in [4.78, 5) is 23.5. The zero-order chi connectivity index (χ0) is 16.4. The first kappa shape index (κ1) is 15.6. The topological polar surface area (TPSA) is 63.4 Å². The second-order valence-electron chi connectivity index (χ2n) is 5.33. The number of aromatic nitrogens is 4. The van der Waals surface area contributed by atoms with E-state index in [0.717, 1.165) is 23.7 Å². The first-order chi connectivity index (χ1) is 11.1. The van der Waals surface area contributed by atoms with E-state index in [1.54, 1.807) is 18.5 Å². The summed E-state index contributed by atoms with van der Waals surface area (Å²) in [6, 6.07) is 5.76. The van der Waals surface area contributed by atoms with Crippen LogP contribution in [0.15, 0.2) is 35.4 Å². The normalized spacial score (nSPS) is 12.5. The van der Waals surface area contributed by atoms with Crippen LogP contribution >= 0.6 is 11.3 Å². The molecule has 3 heterocycles. The maximum absolute atomic E-state index is 12.1. The van der Waals surface area contributed by atoms with Crippen molar-refractivity contribution in [1.82, 2.24) is 19.6 Å². The van der Waals surface area contributed by atoms with Gasteiger partial charge in [0, 0.05) is 31.2 Å². The molecule has 0 bridgehead atoms. The second-order valence-corrected chi connectivity index (χ2v) is 6.27. The molecule has 0 spiro atoms. The molecule has 0 amide bonds. The lowest BCUT2D eigenvalue weighted by molar-refractivity contribution is 0.640. The van der Waals surface area contributed by atoms with Gasteiger partial charge in [0.15, 0.2) is 0 Å². The van der Waals surface area contributed by atoms with Gasteiger partial charge in [0.05, 0.1) is 6.04 Å². The van der Waals surface area contributed by atoms with E-state index in [9.17, 15) is 4.79 Å². The minimum Gasteiger partial charge on any atom is -0.343 e. The van der Waals surface area contributed by atoms with Gasteiger partial charge in [0.25, 0.3) is 5.56 Å². The van der Waals surface area contributed by atoms with Gasteiger partial charge in [-0.05, 0) is 30.5 Å². The molecule has 3 aromatic heterocycles. The van der Waals surface area contributed by atoms with Crippen molar-refractivity contribution in [3.8, 4) is 0 Å². The Kier molecular flexibility index (Phi) is 4.38. The van der Waals surface area contributed by atoms with Crippen LogP contribution in [-0.2, 0) is 6.42 Å². The smallest absolute Gasteiger partial charge is 0.275 e. The summed E-state index contributed by atoms with van der Waals surface area (Å²) in [6.45, 7) is 4.12. The Bertz CT molecular complexity index is 858. The van der Waals surface area contributed by atoms with Crippen LogP contribution < -0.4 is 10.5 Å². The van der Waals surface area contributed by atoms with E-state index in [0.29, 0.717) is 4.96 Å². The van der Waals surface area contributed by atoms with Crippen LogP contribution in [0.4, 0.5) is 5.13 Å². The van der Waals surface area contributed by atoms with Gasteiger partial charge in [-0.3, -0.25) is 9.78 Å². The first-order valence-electron chi connectivity index (χ1n) is 7.66. The molecule has 0 radical (unpaired) electrons. The Morgan fingerprint density at radius 3 is 2.70 bits per heavy atom. The highest BCUT2D eigenvalue weighted by Crippen LogP contribution is 2.30. The molecule has 6 nitrogen and oxygen atoms in total. The fourth-order valence-corrected chi connectivity index (χ4v) is 3.56. The summed E-state index contributed by atoms with van der Waals surface area (Å²) in [7, 11) is 2.00. The third-order valence-electron chi connectivity index (χ3n) is 3.90. The molecule has 0 N–H and O–H groups in total. The molecule has 0 saturated carbocycles. The van der Waals surface area contributed by atoms with Crippen molar-refractivity contribution in [3.05, 3.63) is 52.2 Å². The largest absolute Gasteiger partial charge is 0.343 e. The lowest BCUT2D eigenvalue weighted by atomic mass is 10.1. The van der Waals surface area contributed by atoms with E-state index in [1.807, 2.05) is 26.1 Å². The molecule has 120 valence electrons. The van der Waals surface area contributed by atoms with Crippen LogP contribution in [0.3, 0.4) is 0 Å². The summed E-state index contributed by atoms with van der Waals surface area (Å²) in [5.74, 6) is 0. The van der Waals surface area contributed by atoms with E-state index in [1.165, 1.54) is 21.4 Å². The minimum atomic E-state index is -0.125. The van der Waals surface area contributed by atoms with Gasteiger partial charge < -0.3 is 4.90 Å². The molecule has 3 rings (SSSR count). The van der Waals surface area contributed by atoms with Crippen LogP contribution in [0, 0.1) is 0 Å². The predicted octanol–water partition coefficient (Wildman–Crippen LogP) is 2.70. The Morgan fingerprint density at radius 1 is 1.30 bits per heavy atom. The lowest BCUT2D eigenvalue weighted by Gasteiger charge is -2.26. The number of pyridine rings is 1. The lowest BCUT2D eigenvalue weighted by Crippen LogP contribution is -2.24. The molecule has 23 heavy (non-hydrogen) atoms. The number of nitrogens with zero attached hydrogens (tertiary/aromatic N) is 5. The highest BCUT2D eigenvalue weighted by molar-refractivity contribution is 7.20. The summed E-state index contributed by atoms with van der Waals surface area (Å²) < 4.78 is 1.38. The predicted molar refractivity (Wildman–Crippen MR) is 92.2 cm³/mol. The molecule has 7 heteroatoms. The SMILES string of the molecule is CCc1cc(=O)n2nc(N(C)[C@@H](CC)c3ccncc3)sc2n1. The zero-order valence-electron chi connectivity index (χ0n) is 13.4. The van der Waals surface area contributed by atoms with Crippen molar-refractivity contribution >= 4 is 21.4 Å². The maximum atomic E-state index is 12.1. The number of rotatable bonds is 5. The van der Waals surface area contributed by atoms with Crippen molar-refractivity contribution in [2.75, 3.05) is 11.9 Å². The molecule has 1 atom stereocenters. The quantitative estimate of drug-likeness (QED) is 0.720. The van der Waals surface area contributed by atoms with Crippen molar-refractivity contribution in [3.63, 3.8) is 0 Å². The number of hydrogen-bond acceptors (Lipinski definition) is 6. The number of aryl methyl sites for hydroxylation is 1. The molecule has 0 aromatic carbocycles. The summed E-state index contributed by atoms with van der Waals surface area (Å²) >= 11 is 1.44. The van der Waals surface area contributed by atoms with Gasteiger partial charge in [-0.25, -0.2) is 4.98 Å². The fourth-order valence-electron chi connectivity index (χ4n) is 2.62. The highest BCUT2D eigenvalue weighted by Gasteiger charge is 2.20. The number of hydrogen-bond donors (Lipinski definition) is 0. The summed E-state index contributed by atoms with van der Waals surface area (Å²) in [5.41, 5.74) is 1.85. The molecule has 3 aromatic rings. The van der Waals surface area contributed by atoms with E-state index < -0.39 is 0 Å². The van der Waals surface area contributed by atoms with Crippen LogP contribution in [-0.4, -0.2) is 26.6 Å². The molecule has 0 saturated heterocycles. The third-order valence-corrected chi connectivity index (χ3v) is 4.90. The van der Waals surface area contributed by atoms with Gasteiger partial charge in [0.1, 0.15) is 0 Å². The van der Waals surface area contributed by atoms with E-state index in [-0.39, 0.29) is 11.6 Å². The second kappa shape index (κ2) is 6.45. The van der Waals surface area contributed by atoms with Gasteiger partial charge >= 0.3 is 0 Å². The summed E-state index contributed by atoms with van der Waals surface area (Å²) in [6.07, 6.45) is 5.26. The van der Waals surface area contributed by atoms with Crippen LogP contribution in [0.2, 0.25) is 0 Å². The van der Waals surface area contributed by atoms with Crippen molar-refractivity contribution in [2.24, 2.45) is 0 Å². The Morgan fingerprint density at radius 2 is 2.04 bits per heavy atom. The van der Waals surface area contributed by atoms with Crippen LogP contribution in [0.5, 0.6) is 0 Å². The Hall–Kier alpha value is -2.28. The molecular weight excluding hydrogens is 310 g/mol. The van der Waals surface area contributed by atoms with E-state index in [4.69, 9.17) is 0 Å². The van der Waals surface area contributed by atoms with E-state index in [2.05, 4.69) is 26.9 Å². The molecule has 0 aliphatic carbocycles. The molecule has 0 fully saturated rings. The van der Waals surface area contributed by atoms with E-state index >= 15 is 0 Å². The van der Waals surface area contributed by atoms with Crippen LogP contribution in [0.25, 0.3) is 4.96 Å². The highest BCUT2D eigenvalue weighted by atomic mass is 32.1. The van der Waals surface area contributed by atoms with Gasteiger partial charge in [-0.15, -0.1) is 5.10 Å². The summed E-state index contributed by atoms with van der Waals surface area (Å²) in [5, 5.41) is 5.24.